The van der Waals surface area contributed by atoms with Crippen molar-refractivity contribution in [2.24, 2.45) is 0 Å². The van der Waals surface area contributed by atoms with Crippen molar-refractivity contribution in [3.63, 3.8) is 0 Å². The molecular weight excluding hydrogens is 360 g/mol. The highest BCUT2D eigenvalue weighted by atomic mass is 32.2. The number of hydrogen-bond donors (Lipinski definition) is 3. The Labute approximate surface area is 153 Å². The Kier molecular flexibility index (Phi) is 6.37. The van der Waals surface area contributed by atoms with Crippen LogP contribution in [0.5, 0.6) is 0 Å². The Morgan fingerprint density at radius 1 is 1.12 bits per heavy atom. The molecule has 1 aromatic carbocycles. The van der Waals surface area contributed by atoms with Crippen molar-refractivity contribution in [1.82, 2.24) is 10.0 Å². The first-order valence-electron chi connectivity index (χ1n) is 7.98. The second-order valence-corrected chi connectivity index (χ2v) is 9.63. The zero-order valence-corrected chi connectivity index (χ0v) is 16.7. The van der Waals surface area contributed by atoms with E-state index in [0.29, 0.717) is 0 Å². The fourth-order valence-corrected chi connectivity index (χ4v) is 3.52. The first kappa shape index (κ1) is 21.8. The van der Waals surface area contributed by atoms with Gasteiger partial charge in [-0.15, -0.1) is 0 Å². The number of rotatable bonds is 6. The summed E-state index contributed by atoms with van der Waals surface area (Å²) in [6.45, 7) is 10.3. The fraction of sp³-hybridized carbons (Fsp3) is 0.562. The normalized spacial score (nSPS) is 12.5. The van der Waals surface area contributed by atoms with Crippen LogP contribution in [0.3, 0.4) is 0 Å². The maximum absolute atomic E-state index is 12.3. The van der Waals surface area contributed by atoms with E-state index in [1.165, 1.54) is 12.1 Å². The van der Waals surface area contributed by atoms with E-state index < -0.39 is 31.7 Å². The summed E-state index contributed by atoms with van der Waals surface area (Å²) < 4.78 is 27.1. The van der Waals surface area contributed by atoms with Gasteiger partial charge >= 0.3 is 0 Å². The quantitative estimate of drug-likeness (QED) is 0.506. The summed E-state index contributed by atoms with van der Waals surface area (Å²) in [6, 6.07) is 3.50. The van der Waals surface area contributed by atoms with Crippen LogP contribution in [0.1, 0.15) is 41.5 Å². The highest BCUT2D eigenvalue weighted by Gasteiger charge is 2.25. The lowest BCUT2D eigenvalue weighted by atomic mass is 10.1. The van der Waals surface area contributed by atoms with E-state index in [4.69, 9.17) is 0 Å². The molecule has 1 rings (SSSR count). The molecule has 26 heavy (non-hydrogen) atoms. The van der Waals surface area contributed by atoms with Gasteiger partial charge in [-0.25, -0.2) is 13.1 Å². The van der Waals surface area contributed by atoms with Crippen molar-refractivity contribution < 1.29 is 18.1 Å². The van der Waals surface area contributed by atoms with E-state index in [1.807, 2.05) is 20.8 Å². The molecule has 0 radical (unpaired) electrons. The van der Waals surface area contributed by atoms with Crippen LogP contribution >= 0.6 is 0 Å². The molecule has 0 aliphatic carbocycles. The molecule has 0 aliphatic rings. The lowest BCUT2D eigenvalue weighted by molar-refractivity contribution is -0.384. The molecule has 0 spiro atoms. The van der Waals surface area contributed by atoms with Gasteiger partial charge in [-0.05, 0) is 53.7 Å². The highest BCUT2D eigenvalue weighted by molar-refractivity contribution is 7.89. The molecule has 0 unspecified atom stereocenters. The van der Waals surface area contributed by atoms with Crippen molar-refractivity contribution in [3.05, 3.63) is 28.3 Å². The van der Waals surface area contributed by atoms with Crippen LogP contribution in [0.25, 0.3) is 0 Å². The minimum absolute atomic E-state index is 0.0637. The molecular formula is C16H26N4O5S. The number of nitro benzene ring substituents is 1. The zero-order chi connectivity index (χ0) is 20.3. The summed E-state index contributed by atoms with van der Waals surface area (Å²) in [5, 5.41) is 16.7. The molecule has 1 aromatic rings. The Balaban J connectivity index is 3.07. The Hall–Kier alpha value is -2.20. The largest absolute Gasteiger partial charge is 0.371 e. The van der Waals surface area contributed by atoms with Crippen LogP contribution in [0.4, 0.5) is 11.4 Å². The smallest absolute Gasteiger partial charge is 0.293 e. The van der Waals surface area contributed by atoms with Crippen LogP contribution in [-0.2, 0) is 14.8 Å². The third-order valence-electron chi connectivity index (χ3n) is 2.87. The van der Waals surface area contributed by atoms with Crippen LogP contribution in [-0.4, -0.2) is 36.9 Å². The number of amides is 1. The minimum Gasteiger partial charge on any atom is -0.371 e. The second-order valence-electron chi connectivity index (χ2n) is 7.94. The van der Waals surface area contributed by atoms with Crippen molar-refractivity contribution in [2.45, 2.75) is 57.5 Å². The molecule has 0 aliphatic heterocycles. The third-order valence-corrected chi connectivity index (χ3v) is 4.63. The Bertz CT molecular complexity index is 792. The predicted octanol–water partition coefficient (Wildman–Crippen LogP) is 2.00. The number of nitrogens with zero attached hydrogens (tertiary/aromatic N) is 1. The molecule has 3 N–H and O–H groups in total. The summed E-state index contributed by atoms with van der Waals surface area (Å²) in [4.78, 5) is 22.2. The van der Waals surface area contributed by atoms with Crippen molar-refractivity contribution in [2.75, 3.05) is 11.9 Å². The van der Waals surface area contributed by atoms with Crippen LogP contribution in [0.2, 0.25) is 0 Å². The molecule has 0 fully saturated rings. The second kappa shape index (κ2) is 7.58. The van der Waals surface area contributed by atoms with E-state index in [9.17, 15) is 23.3 Å². The summed E-state index contributed by atoms with van der Waals surface area (Å²) >= 11 is 0. The highest BCUT2D eigenvalue weighted by Crippen LogP contribution is 2.28. The molecule has 1 amide bonds. The van der Waals surface area contributed by atoms with Gasteiger partial charge in [0, 0.05) is 17.1 Å². The van der Waals surface area contributed by atoms with Crippen LogP contribution in [0.15, 0.2) is 23.1 Å². The molecule has 0 heterocycles. The molecule has 0 saturated carbocycles. The van der Waals surface area contributed by atoms with Gasteiger partial charge in [-0.3, -0.25) is 14.9 Å². The molecule has 10 heteroatoms. The van der Waals surface area contributed by atoms with Gasteiger partial charge in [0.05, 0.1) is 16.4 Å². The van der Waals surface area contributed by atoms with Crippen LogP contribution < -0.4 is 15.4 Å². The SMILES string of the molecule is CC(C)(C)NC(=O)CNc1ccc(S(=O)(=O)NC(C)(C)C)cc1[N+](=O)[O-]. The zero-order valence-electron chi connectivity index (χ0n) is 15.8. The molecule has 146 valence electrons. The van der Waals surface area contributed by atoms with Crippen molar-refractivity contribution in [3.8, 4) is 0 Å². The van der Waals surface area contributed by atoms with Gasteiger partial charge in [0.15, 0.2) is 0 Å². The van der Waals surface area contributed by atoms with Gasteiger partial charge in [-0.2, -0.15) is 0 Å². The molecule has 0 bridgehead atoms. The van der Waals surface area contributed by atoms with E-state index in [-0.39, 0.29) is 23.0 Å². The first-order valence-corrected chi connectivity index (χ1v) is 9.46. The summed E-state index contributed by atoms with van der Waals surface area (Å²) in [5.74, 6) is -0.335. The third kappa shape index (κ3) is 6.96. The van der Waals surface area contributed by atoms with Gasteiger partial charge < -0.3 is 10.6 Å². The number of hydrogen-bond acceptors (Lipinski definition) is 6. The Morgan fingerprint density at radius 3 is 2.15 bits per heavy atom. The number of anilines is 1. The monoisotopic (exact) mass is 386 g/mol. The number of carbonyl (C=O) groups excluding carboxylic acids is 1. The predicted molar refractivity (Wildman–Crippen MR) is 99.6 cm³/mol. The molecule has 0 saturated heterocycles. The number of sulfonamides is 1. The molecule has 9 nitrogen and oxygen atoms in total. The van der Waals surface area contributed by atoms with E-state index in [0.717, 1.165) is 6.07 Å². The summed E-state index contributed by atoms with van der Waals surface area (Å²) in [7, 11) is -3.91. The maximum atomic E-state index is 12.3. The van der Waals surface area contributed by atoms with E-state index in [1.54, 1.807) is 20.8 Å². The van der Waals surface area contributed by atoms with Gasteiger partial charge in [0.2, 0.25) is 15.9 Å². The number of nitrogens with one attached hydrogen (secondary N) is 3. The van der Waals surface area contributed by atoms with E-state index >= 15 is 0 Å². The van der Waals surface area contributed by atoms with Gasteiger partial charge in [0.1, 0.15) is 5.69 Å². The molecule has 0 aromatic heterocycles. The van der Waals surface area contributed by atoms with Crippen molar-refractivity contribution >= 4 is 27.3 Å². The van der Waals surface area contributed by atoms with Gasteiger partial charge in [-0.1, -0.05) is 0 Å². The lowest BCUT2D eigenvalue weighted by Crippen LogP contribution is -2.43. The number of nitro groups is 1. The van der Waals surface area contributed by atoms with Gasteiger partial charge in [0.25, 0.3) is 5.69 Å². The van der Waals surface area contributed by atoms with Crippen molar-refractivity contribution in [1.29, 1.82) is 0 Å². The number of benzene rings is 1. The first-order chi connectivity index (χ1) is 11.6. The minimum atomic E-state index is -3.91. The van der Waals surface area contributed by atoms with Crippen LogP contribution in [0, 0.1) is 10.1 Å². The number of carbonyl (C=O) groups is 1. The Morgan fingerprint density at radius 2 is 1.69 bits per heavy atom. The summed E-state index contributed by atoms with van der Waals surface area (Å²) in [6.07, 6.45) is 0. The summed E-state index contributed by atoms with van der Waals surface area (Å²) in [5.41, 5.74) is -1.52. The fourth-order valence-electron chi connectivity index (χ4n) is 2.08. The topological polar surface area (TPSA) is 130 Å². The molecule has 0 atom stereocenters. The average molecular weight is 386 g/mol. The average Bonchev–Trinajstić information content (AvgIpc) is 2.40. The van der Waals surface area contributed by atoms with E-state index in [2.05, 4.69) is 15.4 Å². The lowest BCUT2D eigenvalue weighted by Gasteiger charge is -2.21. The maximum Gasteiger partial charge on any atom is 0.293 e. The standard InChI is InChI=1S/C16H26N4O5S/c1-15(2,3)18-14(21)10-17-12-8-7-11(9-13(12)20(22)23)26(24,25)19-16(4,5)6/h7-9,17,19H,10H2,1-6H3,(H,18,21).